The summed E-state index contributed by atoms with van der Waals surface area (Å²) in [6.45, 7) is 0. The van der Waals surface area contributed by atoms with Crippen molar-refractivity contribution in [3.8, 4) is 5.69 Å². The van der Waals surface area contributed by atoms with Gasteiger partial charge in [0.1, 0.15) is 12.7 Å². The van der Waals surface area contributed by atoms with E-state index in [0.717, 1.165) is 5.69 Å². The van der Waals surface area contributed by atoms with Crippen LogP contribution in [0.2, 0.25) is 0 Å². The predicted octanol–water partition coefficient (Wildman–Crippen LogP) is 3.64. The molecule has 4 rings (SSSR count). The number of rotatable bonds is 1. The zero-order valence-electron chi connectivity index (χ0n) is 9.45. The fourth-order valence-electron chi connectivity index (χ4n) is 2.20. The topological polar surface area (TPSA) is 30.7 Å². The average Bonchev–Trinajstić information content (AvgIpc) is 3.05. The second-order valence-electron chi connectivity index (χ2n) is 4.12. The van der Waals surface area contributed by atoms with Gasteiger partial charge in [0.15, 0.2) is 0 Å². The molecule has 4 heteroatoms. The zero-order chi connectivity index (χ0) is 11.9. The lowest BCUT2D eigenvalue weighted by atomic mass is 10.1. The van der Waals surface area contributed by atoms with E-state index in [1.807, 2.05) is 11.3 Å². The quantitative estimate of drug-likeness (QED) is 0.517. The molecule has 2 heterocycles. The van der Waals surface area contributed by atoms with Gasteiger partial charge in [-0.2, -0.15) is 5.10 Å². The minimum absolute atomic E-state index is 1.04. The molecule has 3 nitrogen and oxygen atoms in total. The number of fused-ring (bicyclic) bond motifs is 3. The molecule has 0 aliphatic heterocycles. The number of hydrogen-bond acceptors (Lipinski definition) is 3. The summed E-state index contributed by atoms with van der Waals surface area (Å²) in [5.41, 5.74) is 1.04. The Morgan fingerprint density at radius 1 is 0.944 bits per heavy atom. The normalized spacial score (nSPS) is 11.3. The van der Waals surface area contributed by atoms with Gasteiger partial charge in [-0.15, -0.1) is 11.3 Å². The molecule has 0 unspecified atom stereocenters. The van der Waals surface area contributed by atoms with Crippen molar-refractivity contribution in [3.63, 3.8) is 0 Å². The molecule has 0 saturated heterocycles. The van der Waals surface area contributed by atoms with Gasteiger partial charge in [0, 0.05) is 20.2 Å². The molecule has 2 aromatic carbocycles. The molecule has 2 aromatic heterocycles. The smallest absolute Gasteiger partial charge is 0.138 e. The Balaban J connectivity index is 2.07. The monoisotopic (exact) mass is 251 g/mol. The van der Waals surface area contributed by atoms with Crippen LogP contribution in [0.25, 0.3) is 25.9 Å². The van der Waals surface area contributed by atoms with Crippen LogP contribution >= 0.6 is 11.3 Å². The Bertz CT molecular complexity index is 831. The van der Waals surface area contributed by atoms with Crippen molar-refractivity contribution in [2.24, 2.45) is 0 Å². The van der Waals surface area contributed by atoms with Crippen molar-refractivity contribution < 1.29 is 0 Å². The van der Waals surface area contributed by atoms with Crippen molar-refractivity contribution >= 4 is 31.5 Å². The maximum Gasteiger partial charge on any atom is 0.138 e. The van der Waals surface area contributed by atoms with Gasteiger partial charge in [-0.1, -0.05) is 18.2 Å². The lowest BCUT2D eigenvalue weighted by Crippen LogP contribution is -1.92. The molecule has 0 aliphatic carbocycles. The number of hydrogen-bond donors (Lipinski definition) is 0. The molecule has 4 aromatic rings. The van der Waals surface area contributed by atoms with E-state index in [1.165, 1.54) is 20.2 Å². The Hall–Kier alpha value is -2.20. The van der Waals surface area contributed by atoms with Crippen LogP contribution in [0.5, 0.6) is 0 Å². The molecule has 86 valence electrons. The van der Waals surface area contributed by atoms with Crippen molar-refractivity contribution in [1.29, 1.82) is 0 Å². The summed E-state index contributed by atoms with van der Waals surface area (Å²) in [4.78, 5) is 3.98. The number of thiophene rings is 1. The van der Waals surface area contributed by atoms with Gasteiger partial charge in [0.25, 0.3) is 0 Å². The summed E-state index contributed by atoms with van der Waals surface area (Å²) < 4.78 is 4.41. The number of benzene rings is 2. The maximum absolute atomic E-state index is 4.17. The Morgan fingerprint density at radius 2 is 1.83 bits per heavy atom. The van der Waals surface area contributed by atoms with Crippen LogP contribution in [0.15, 0.2) is 55.1 Å². The molecule has 0 radical (unpaired) electrons. The van der Waals surface area contributed by atoms with E-state index < -0.39 is 0 Å². The summed E-state index contributed by atoms with van der Waals surface area (Å²) >= 11 is 1.82. The molecule has 0 amide bonds. The molecule has 0 saturated carbocycles. The minimum Gasteiger partial charge on any atom is -0.223 e. The van der Waals surface area contributed by atoms with E-state index in [0.29, 0.717) is 0 Å². The van der Waals surface area contributed by atoms with E-state index in [1.54, 1.807) is 17.3 Å². The van der Waals surface area contributed by atoms with Crippen molar-refractivity contribution in [1.82, 2.24) is 14.8 Å². The zero-order valence-corrected chi connectivity index (χ0v) is 10.3. The third-order valence-electron chi connectivity index (χ3n) is 3.04. The molecule has 0 N–H and O–H groups in total. The first kappa shape index (κ1) is 9.79. The minimum atomic E-state index is 1.04. The average molecular weight is 251 g/mol. The molecular formula is C14H9N3S. The summed E-state index contributed by atoms with van der Waals surface area (Å²) in [5, 5.41) is 6.75. The van der Waals surface area contributed by atoms with Crippen LogP contribution in [0.1, 0.15) is 0 Å². The lowest BCUT2D eigenvalue weighted by Gasteiger charge is -2.00. The van der Waals surface area contributed by atoms with Crippen LogP contribution in [0.4, 0.5) is 0 Å². The molecule has 0 spiro atoms. The first-order chi connectivity index (χ1) is 8.92. The molecule has 18 heavy (non-hydrogen) atoms. The van der Waals surface area contributed by atoms with Crippen LogP contribution in [-0.2, 0) is 0 Å². The van der Waals surface area contributed by atoms with E-state index in [4.69, 9.17) is 0 Å². The van der Waals surface area contributed by atoms with Crippen molar-refractivity contribution in [2.45, 2.75) is 0 Å². The van der Waals surface area contributed by atoms with Crippen LogP contribution < -0.4 is 0 Å². The van der Waals surface area contributed by atoms with Crippen LogP contribution in [0, 0.1) is 0 Å². The van der Waals surface area contributed by atoms with E-state index in [-0.39, 0.29) is 0 Å². The summed E-state index contributed by atoms with van der Waals surface area (Å²) in [6.07, 6.45) is 3.27. The second-order valence-corrected chi connectivity index (χ2v) is 5.20. The highest BCUT2D eigenvalue weighted by molar-refractivity contribution is 7.25. The van der Waals surface area contributed by atoms with Gasteiger partial charge in [-0.3, -0.25) is 0 Å². The second kappa shape index (κ2) is 3.65. The standard InChI is InChI=1S/C14H9N3S/c1-2-4-13-11(3-1)12-7-10(5-6-14(12)18-13)17-9-15-8-16-17/h1-9H. The molecule has 0 atom stereocenters. The van der Waals surface area contributed by atoms with Gasteiger partial charge in [-0.25, -0.2) is 9.67 Å². The highest BCUT2D eigenvalue weighted by atomic mass is 32.1. The third-order valence-corrected chi connectivity index (χ3v) is 4.20. The van der Waals surface area contributed by atoms with Crippen molar-refractivity contribution in [2.75, 3.05) is 0 Å². The van der Waals surface area contributed by atoms with E-state index in [2.05, 4.69) is 52.5 Å². The Morgan fingerprint density at radius 3 is 2.72 bits per heavy atom. The summed E-state index contributed by atoms with van der Waals surface area (Å²) in [6, 6.07) is 14.9. The molecule has 0 bridgehead atoms. The fourth-order valence-corrected chi connectivity index (χ4v) is 3.28. The SMILES string of the molecule is c1ccc2c(c1)sc1ccc(-n3cncn3)cc12. The van der Waals surface area contributed by atoms with E-state index in [9.17, 15) is 0 Å². The fraction of sp³-hybridized carbons (Fsp3) is 0. The largest absolute Gasteiger partial charge is 0.223 e. The summed E-state index contributed by atoms with van der Waals surface area (Å²) in [7, 11) is 0. The first-order valence-corrected chi connectivity index (χ1v) is 6.50. The van der Waals surface area contributed by atoms with E-state index >= 15 is 0 Å². The number of nitrogens with zero attached hydrogens (tertiary/aromatic N) is 3. The van der Waals surface area contributed by atoms with Gasteiger partial charge in [-0.05, 0) is 24.3 Å². The van der Waals surface area contributed by atoms with Gasteiger partial charge >= 0.3 is 0 Å². The van der Waals surface area contributed by atoms with Crippen LogP contribution in [0.3, 0.4) is 0 Å². The highest BCUT2D eigenvalue weighted by Crippen LogP contribution is 2.34. The predicted molar refractivity (Wildman–Crippen MR) is 74.2 cm³/mol. The Labute approximate surface area is 107 Å². The van der Waals surface area contributed by atoms with Gasteiger partial charge < -0.3 is 0 Å². The van der Waals surface area contributed by atoms with Gasteiger partial charge in [0.05, 0.1) is 5.69 Å². The highest BCUT2D eigenvalue weighted by Gasteiger charge is 2.06. The summed E-state index contributed by atoms with van der Waals surface area (Å²) in [5.74, 6) is 0. The molecule has 0 fully saturated rings. The maximum atomic E-state index is 4.17. The third kappa shape index (κ3) is 1.36. The number of aromatic nitrogens is 3. The van der Waals surface area contributed by atoms with Crippen molar-refractivity contribution in [3.05, 3.63) is 55.1 Å². The first-order valence-electron chi connectivity index (χ1n) is 5.68. The van der Waals surface area contributed by atoms with Crippen LogP contribution in [-0.4, -0.2) is 14.8 Å². The molecular weight excluding hydrogens is 242 g/mol. The van der Waals surface area contributed by atoms with Gasteiger partial charge in [0.2, 0.25) is 0 Å². The molecule has 0 aliphatic rings. The Kier molecular flexibility index (Phi) is 1.98. The lowest BCUT2D eigenvalue weighted by molar-refractivity contribution is 0.881.